The fraction of sp³-hybridized carbons (Fsp3) is 0.600. The highest BCUT2D eigenvalue weighted by molar-refractivity contribution is 7.91. The predicted octanol–water partition coefficient (Wildman–Crippen LogP) is 3.68. The van der Waals surface area contributed by atoms with Gasteiger partial charge in [0, 0.05) is 5.92 Å². The molecule has 23 heavy (non-hydrogen) atoms. The third-order valence-electron chi connectivity index (χ3n) is 4.72. The van der Waals surface area contributed by atoms with E-state index in [-0.39, 0.29) is 17.5 Å². The fourth-order valence-corrected chi connectivity index (χ4v) is 6.24. The second-order valence-corrected chi connectivity index (χ2v) is 10.3. The summed E-state index contributed by atoms with van der Waals surface area (Å²) in [6, 6.07) is 3.68. The lowest BCUT2D eigenvalue weighted by Gasteiger charge is -2.10. The molecule has 2 fully saturated rings. The molecule has 4 rings (SSSR count). The Morgan fingerprint density at radius 3 is 2.61 bits per heavy atom. The van der Waals surface area contributed by atoms with Gasteiger partial charge in [0.2, 0.25) is 0 Å². The molecule has 1 aliphatic carbocycles. The molecule has 0 radical (unpaired) electrons. The molecule has 0 spiro atoms. The van der Waals surface area contributed by atoms with Gasteiger partial charge in [-0.3, -0.25) is 0 Å². The van der Waals surface area contributed by atoms with Gasteiger partial charge in [0.15, 0.2) is 21.5 Å². The number of nitrogens with zero attached hydrogens (tertiary/aromatic N) is 3. The van der Waals surface area contributed by atoms with Crippen LogP contribution in [-0.2, 0) is 9.84 Å². The van der Waals surface area contributed by atoms with E-state index in [2.05, 4.69) is 0 Å². The molecule has 0 bridgehead atoms. The summed E-state index contributed by atoms with van der Waals surface area (Å²) in [5, 5.41) is 4.73. The predicted molar refractivity (Wildman–Crippen MR) is 91.9 cm³/mol. The van der Waals surface area contributed by atoms with Crippen LogP contribution >= 0.6 is 22.9 Å². The third kappa shape index (κ3) is 3.06. The zero-order valence-corrected chi connectivity index (χ0v) is 15.0. The van der Waals surface area contributed by atoms with Crippen LogP contribution in [0.4, 0.5) is 0 Å². The number of hydrogen-bond donors (Lipinski definition) is 0. The van der Waals surface area contributed by atoms with Crippen LogP contribution in [0.2, 0.25) is 4.34 Å². The smallest absolute Gasteiger partial charge is 0.168 e. The first kappa shape index (κ1) is 15.6. The van der Waals surface area contributed by atoms with Crippen LogP contribution in [0, 0.1) is 0 Å². The van der Waals surface area contributed by atoms with Crippen molar-refractivity contribution in [2.24, 2.45) is 0 Å². The first-order valence-corrected chi connectivity index (χ1v) is 11.0. The topological polar surface area (TPSA) is 64.8 Å². The van der Waals surface area contributed by atoms with Crippen LogP contribution < -0.4 is 0 Å². The van der Waals surface area contributed by atoms with E-state index in [0.717, 1.165) is 29.4 Å². The molecule has 1 saturated carbocycles. The Morgan fingerprint density at radius 2 is 2.00 bits per heavy atom. The molecule has 2 aromatic rings. The van der Waals surface area contributed by atoms with Gasteiger partial charge in [-0.25, -0.2) is 18.1 Å². The van der Waals surface area contributed by atoms with E-state index in [1.807, 2.05) is 16.8 Å². The van der Waals surface area contributed by atoms with Crippen LogP contribution in [0.3, 0.4) is 0 Å². The standard InChI is InChI=1S/C15H18ClN3O2S2/c16-13-6-5-12(22-13)15-17-14(10-3-1-2-4-10)18-19(15)11-7-8-23(20,21)9-11/h5-6,10-11H,1-4,7-9H2/t11-/m1/s1. The molecule has 5 nitrogen and oxygen atoms in total. The van der Waals surface area contributed by atoms with Crippen molar-refractivity contribution >= 4 is 32.8 Å². The fourth-order valence-electron chi connectivity index (χ4n) is 3.52. The number of thiophene rings is 1. The zero-order chi connectivity index (χ0) is 16.0. The molecule has 2 aromatic heterocycles. The lowest BCUT2D eigenvalue weighted by Crippen LogP contribution is -2.14. The van der Waals surface area contributed by atoms with E-state index in [0.29, 0.717) is 16.7 Å². The largest absolute Gasteiger partial charge is 0.241 e. The van der Waals surface area contributed by atoms with E-state index in [4.69, 9.17) is 21.7 Å². The molecule has 2 aliphatic rings. The van der Waals surface area contributed by atoms with Crippen LogP contribution in [0.5, 0.6) is 0 Å². The van der Waals surface area contributed by atoms with Crippen LogP contribution in [-0.4, -0.2) is 34.7 Å². The van der Waals surface area contributed by atoms with Crippen molar-refractivity contribution in [2.75, 3.05) is 11.5 Å². The summed E-state index contributed by atoms with van der Waals surface area (Å²) in [5.74, 6) is 2.44. The van der Waals surface area contributed by atoms with Gasteiger partial charge >= 0.3 is 0 Å². The lowest BCUT2D eigenvalue weighted by molar-refractivity contribution is 0.494. The molecule has 0 unspecified atom stereocenters. The van der Waals surface area contributed by atoms with Gasteiger partial charge in [-0.05, 0) is 31.4 Å². The highest BCUT2D eigenvalue weighted by Crippen LogP contribution is 2.37. The minimum absolute atomic E-state index is 0.112. The van der Waals surface area contributed by atoms with Crippen LogP contribution in [0.25, 0.3) is 10.7 Å². The molecule has 124 valence electrons. The Balaban J connectivity index is 1.76. The molecule has 8 heteroatoms. The van der Waals surface area contributed by atoms with Gasteiger partial charge in [-0.15, -0.1) is 11.3 Å². The average molecular weight is 372 g/mol. The van der Waals surface area contributed by atoms with Gasteiger partial charge in [-0.1, -0.05) is 24.4 Å². The maximum absolute atomic E-state index is 11.8. The van der Waals surface area contributed by atoms with Gasteiger partial charge in [0.05, 0.1) is 26.8 Å². The summed E-state index contributed by atoms with van der Waals surface area (Å²) in [6.07, 6.45) is 5.30. The molecule has 0 N–H and O–H groups in total. The van der Waals surface area contributed by atoms with Gasteiger partial charge in [0.25, 0.3) is 0 Å². The Hall–Kier alpha value is -0.920. The number of sulfone groups is 1. The lowest BCUT2D eigenvalue weighted by atomic mass is 10.1. The molecular formula is C15H18ClN3O2S2. The second-order valence-electron chi connectivity index (χ2n) is 6.38. The summed E-state index contributed by atoms with van der Waals surface area (Å²) >= 11 is 7.53. The van der Waals surface area contributed by atoms with Crippen molar-refractivity contribution in [3.05, 3.63) is 22.3 Å². The van der Waals surface area contributed by atoms with E-state index in [9.17, 15) is 8.42 Å². The first-order chi connectivity index (χ1) is 11.0. The van der Waals surface area contributed by atoms with Crippen LogP contribution in [0.1, 0.15) is 49.9 Å². The Kier molecular flexibility index (Phi) is 3.98. The number of halogens is 1. The van der Waals surface area contributed by atoms with E-state index in [1.165, 1.54) is 24.2 Å². The number of hydrogen-bond acceptors (Lipinski definition) is 5. The molecule has 0 amide bonds. The molecular weight excluding hydrogens is 354 g/mol. The van der Waals surface area contributed by atoms with Gasteiger partial charge in [-0.2, -0.15) is 5.10 Å². The highest BCUT2D eigenvalue weighted by Gasteiger charge is 2.33. The van der Waals surface area contributed by atoms with E-state index < -0.39 is 9.84 Å². The summed E-state index contributed by atoms with van der Waals surface area (Å²) < 4.78 is 26.3. The Bertz CT molecular complexity index is 822. The number of rotatable bonds is 3. The van der Waals surface area contributed by atoms with Gasteiger partial charge < -0.3 is 0 Å². The molecule has 1 atom stereocenters. The summed E-state index contributed by atoms with van der Waals surface area (Å²) in [5.41, 5.74) is 0. The minimum Gasteiger partial charge on any atom is -0.241 e. The van der Waals surface area contributed by atoms with Crippen molar-refractivity contribution in [1.29, 1.82) is 0 Å². The highest BCUT2D eigenvalue weighted by atomic mass is 35.5. The maximum Gasteiger partial charge on any atom is 0.168 e. The van der Waals surface area contributed by atoms with Crippen molar-refractivity contribution in [2.45, 2.75) is 44.1 Å². The Morgan fingerprint density at radius 1 is 1.22 bits per heavy atom. The van der Waals surface area contributed by atoms with Crippen molar-refractivity contribution in [3.63, 3.8) is 0 Å². The molecule has 1 saturated heterocycles. The normalized spacial score (nSPS) is 24.5. The monoisotopic (exact) mass is 371 g/mol. The average Bonchev–Trinajstić information content (AvgIpc) is 3.22. The zero-order valence-electron chi connectivity index (χ0n) is 12.6. The van der Waals surface area contributed by atoms with E-state index >= 15 is 0 Å². The van der Waals surface area contributed by atoms with Crippen LogP contribution in [0.15, 0.2) is 12.1 Å². The quantitative estimate of drug-likeness (QED) is 0.825. The molecule has 0 aromatic carbocycles. The summed E-state index contributed by atoms with van der Waals surface area (Å²) in [4.78, 5) is 5.73. The van der Waals surface area contributed by atoms with Gasteiger partial charge in [0.1, 0.15) is 0 Å². The molecule has 1 aliphatic heterocycles. The van der Waals surface area contributed by atoms with Crippen molar-refractivity contribution in [1.82, 2.24) is 14.8 Å². The minimum atomic E-state index is -2.96. The third-order valence-corrected chi connectivity index (χ3v) is 7.69. The Labute approximate surface area is 144 Å². The van der Waals surface area contributed by atoms with Crippen molar-refractivity contribution < 1.29 is 8.42 Å². The summed E-state index contributed by atoms with van der Waals surface area (Å²) in [6.45, 7) is 0. The molecule has 3 heterocycles. The SMILES string of the molecule is O=S1(=O)CC[C@@H](n2nc(C3CCCC3)nc2-c2ccc(Cl)s2)C1. The van der Waals surface area contributed by atoms with Crippen molar-refractivity contribution in [3.8, 4) is 10.7 Å². The number of aromatic nitrogens is 3. The first-order valence-electron chi connectivity index (χ1n) is 7.94. The summed E-state index contributed by atoms with van der Waals surface area (Å²) in [7, 11) is -2.96. The van der Waals surface area contributed by atoms with E-state index in [1.54, 1.807) is 0 Å². The second kappa shape index (κ2) is 5.86. The maximum atomic E-state index is 11.8.